The van der Waals surface area contributed by atoms with Crippen LogP contribution in [0.3, 0.4) is 0 Å². The molecule has 1 aromatic carbocycles. The maximum Gasteiger partial charge on any atom is 0.223 e. The molecule has 0 bridgehead atoms. The first-order valence-corrected chi connectivity index (χ1v) is 11.1. The van der Waals surface area contributed by atoms with E-state index in [4.69, 9.17) is 5.10 Å². The number of carbonyl (C=O) groups excluding carboxylic acids is 1. The van der Waals surface area contributed by atoms with Crippen molar-refractivity contribution in [1.82, 2.24) is 25.1 Å². The van der Waals surface area contributed by atoms with Gasteiger partial charge in [-0.2, -0.15) is 4.52 Å². The summed E-state index contributed by atoms with van der Waals surface area (Å²) in [7, 11) is 0. The number of hydrogen-bond donors (Lipinski definition) is 1. The second-order valence-electron chi connectivity index (χ2n) is 8.46. The lowest BCUT2D eigenvalue weighted by Crippen LogP contribution is -2.44. The first-order valence-electron chi connectivity index (χ1n) is 11.1. The number of rotatable bonds is 4. The van der Waals surface area contributed by atoms with Gasteiger partial charge >= 0.3 is 0 Å². The first-order chi connectivity index (χ1) is 14.8. The van der Waals surface area contributed by atoms with Gasteiger partial charge in [-0.3, -0.25) is 4.79 Å². The third kappa shape index (κ3) is 3.88. The van der Waals surface area contributed by atoms with Crippen molar-refractivity contribution in [2.45, 2.75) is 51.0 Å². The molecule has 3 aromatic rings. The Morgan fingerprint density at radius 3 is 2.43 bits per heavy atom. The van der Waals surface area contributed by atoms with Crippen molar-refractivity contribution in [3.63, 3.8) is 0 Å². The highest BCUT2D eigenvalue weighted by Gasteiger charge is 2.27. The van der Waals surface area contributed by atoms with E-state index in [2.05, 4.69) is 20.4 Å². The first kappa shape index (κ1) is 19.0. The van der Waals surface area contributed by atoms with Crippen LogP contribution in [-0.2, 0) is 4.79 Å². The Hall–Kier alpha value is -2.96. The molecule has 0 atom stereocenters. The van der Waals surface area contributed by atoms with Crippen LogP contribution < -0.4 is 10.2 Å². The molecular formula is C23H28N6O. The summed E-state index contributed by atoms with van der Waals surface area (Å²) in [6.07, 6.45) is 7.80. The number of fused-ring (bicyclic) bond motifs is 1. The van der Waals surface area contributed by atoms with Crippen molar-refractivity contribution in [1.29, 1.82) is 0 Å². The lowest BCUT2D eigenvalue weighted by molar-refractivity contribution is -0.126. The third-order valence-corrected chi connectivity index (χ3v) is 6.42. The van der Waals surface area contributed by atoms with Crippen LogP contribution in [0.1, 0.15) is 44.9 Å². The Balaban J connectivity index is 1.26. The van der Waals surface area contributed by atoms with Crippen molar-refractivity contribution in [3.8, 4) is 11.4 Å². The smallest absolute Gasteiger partial charge is 0.223 e. The molecule has 7 nitrogen and oxygen atoms in total. The highest BCUT2D eigenvalue weighted by Crippen LogP contribution is 2.25. The SMILES string of the molecule is O=C(NC1CCCCC1)C1CCN(c2ccc3nnc(-c4ccccc4)n3n2)CC1. The Kier molecular flexibility index (Phi) is 5.34. The minimum Gasteiger partial charge on any atom is -0.355 e. The lowest BCUT2D eigenvalue weighted by atomic mass is 9.92. The minimum atomic E-state index is 0.113. The predicted octanol–water partition coefficient (Wildman–Crippen LogP) is 3.46. The average Bonchev–Trinajstić information content (AvgIpc) is 3.24. The van der Waals surface area contributed by atoms with E-state index < -0.39 is 0 Å². The van der Waals surface area contributed by atoms with Crippen molar-refractivity contribution in [2.24, 2.45) is 5.92 Å². The van der Waals surface area contributed by atoms with Crippen LogP contribution in [0, 0.1) is 5.92 Å². The van der Waals surface area contributed by atoms with Crippen molar-refractivity contribution < 1.29 is 4.79 Å². The summed E-state index contributed by atoms with van der Waals surface area (Å²) in [5.74, 6) is 2.01. The van der Waals surface area contributed by atoms with E-state index in [1.807, 2.05) is 47.0 Å². The van der Waals surface area contributed by atoms with Gasteiger partial charge in [-0.05, 0) is 37.8 Å². The highest BCUT2D eigenvalue weighted by atomic mass is 16.1. The van der Waals surface area contributed by atoms with E-state index in [9.17, 15) is 4.79 Å². The van der Waals surface area contributed by atoms with Crippen molar-refractivity contribution in [3.05, 3.63) is 42.5 Å². The van der Waals surface area contributed by atoms with Gasteiger partial charge in [0.25, 0.3) is 0 Å². The zero-order valence-electron chi connectivity index (χ0n) is 17.2. The molecule has 2 aliphatic rings. The molecule has 1 saturated carbocycles. The maximum atomic E-state index is 12.7. The van der Waals surface area contributed by atoms with Gasteiger partial charge in [-0.15, -0.1) is 15.3 Å². The molecule has 2 aromatic heterocycles. The molecule has 30 heavy (non-hydrogen) atoms. The highest BCUT2D eigenvalue weighted by molar-refractivity contribution is 5.79. The molecule has 7 heteroatoms. The standard InChI is InChI=1S/C23H28N6O/c30-23(24-19-9-5-2-6-10-19)18-13-15-28(16-14-18)21-12-11-20-25-26-22(29(20)27-21)17-7-3-1-4-8-17/h1,3-4,7-8,11-12,18-19H,2,5-6,9-10,13-16H2,(H,24,30). The Bertz CT molecular complexity index is 1000. The molecule has 2 fully saturated rings. The zero-order valence-corrected chi connectivity index (χ0v) is 17.2. The molecule has 5 rings (SSSR count). The summed E-state index contributed by atoms with van der Waals surface area (Å²) in [4.78, 5) is 14.9. The number of piperidine rings is 1. The second kappa shape index (κ2) is 8.42. The van der Waals surface area contributed by atoms with E-state index >= 15 is 0 Å². The molecule has 0 radical (unpaired) electrons. The fourth-order valence-corrected chi connectivity index (χ4v) is 4.65. The number of hydrogen-bond acceptors (Lipinski definition) is 5. The molecule has 156 valence electrons. The molecule has 1 aliphatic heterocycles. The largest absolute Gasteiger partial charge is 0.355 e. The summed E-state index contributed by atoms with van der Waals surface area (Å²) in [5, 5.41) is 16.7. The van der Waals surface area contributed by atoms with Gasteiger partial charge in [-0.25, -0.2) is 0 Å². The van der Waals surface area contributed by atoms with E-state index in [0.717, 1.165) is 61.6 Å². The van der Waals surface area contributed by atoms with Crippen molar-refractivity contribution >= 4 is 17.4 Å². The molecule has 1 saturated heterocycles. The van der Waals surface area contributed by atoms with Crippen LogP contribution in [0.2, 0.25) is 0 Å². The molecule has 1 aliphatic carbocycles. The summed E-state index contributed by atoms with van der Waals surface area (Å²) in [6, 6.07) is 14.3. The Morgan fingerprint density at radius 2 is 1.67 bits per heavy atom. The van der Waals surface area contributed by atoms with Gasteiger partial charge in [0.2, 0.25) is 5.91 Å². The van der Waals surface area contributed by atoms with E-state index in [1.165, 1.54) is 19.3 Å². The fraction of sp³-hybridized carbons (Fsp3) is 0.478. The molecule has 1 amide bonds. The van der Waals surface area contributed by atoms with Gasteiger partial charge in [0.05, 0.1) is 0 Å². The Morgan fingerprint density at radius 1 is 0.900 bits per heavy atom. The lowest BCUT2D eigenvalue weighted by Gasteiger charge is -2.33. The molecule has 0 spiro atoms. The van der Waals surface area contributed by atoms with E-state index in [0.29, 0.717) is 6.04 Å². The fourth-order valence-electron chi connectivity index (χ4n) is 4.65. The number of aromatic nitrogens is 4. The molecule has 0 unspecified atom stereocenters. The predicted molar refractivity (Wildman–Crippen MR) is 116 cm³/mol. The summed E-state index contributed by atoms with van der Waals surface area (Å²) < 4.78 is 1.81. The third-order valence-electron chi connectivity index (χ3n) is 6.42. The van der Waals surface area contributed by atoms with Crippen LogP contribution in [-0.4, -0.2) is 44.8 Å². The number of anilines is 1. The minimum absolute atomic E-state index is 0.113. The number of benzene rings is 1. The van der Waals surface area contributed by atoms with Gasteiger partial charge in [-0.1, -0.05) is 49.6 Å². The summed E-state index contributed by atoms with van der Waals surface area (Å²) in [5.41, 5.74) is 1.73. The van der Waals surface area contributed by atoms with Crippen LogP contribution in [0.4, 0.5) is 5.82 Å². The van der Waals surface area contributed by atoms with Gasteiger partial charge in [0, 0.05) is 30.6 Å². The van der Waals surface area contributed by atoms with E-state index in [1.54, 1.807) is 0 Å². The van der Waals surface area contributed by atoms with Gasteiger partial charge < -0.3 is 10.2 Å². The number of nitrogens with one attached hydrogen (secondary N) is 1. The van der Waals surface area contributed by atoms with E-state index in [-0.39, 0.29) is 11.8 Å². The van der Waals surface area contributed by atoms with Crippen molar-refractivity contribution in [2.75, 3.05) is 18.0 Å². The van der Waals surface area contributed by atoms with Gasteiger partial charge in [0.15, 0.2) is 11.5 Å². The monoisotopic (exact) mass is 404 g/mol. The second-order valence-corrected chi connectivity index (χ2v) is 8.46. The van der Waals surface area contributed by atoms with Crippen LogP contribution >= 0.6 is 0 Å². The maximum absolute atomic E-state index is 12.7. The number of carbonyl (C=O) groups is 1. The van der Waals surface area contributed by atoms with Crippen LogP contribution in [0.5, 0.6) is 0 Å². The molecular weight excluding hydrogens is 376 g/mol. The quantitative estimate of drug-likeness (QED) is 0.721. The number of amides is 1. The molecule has 1 N–H and O–H groups in total. The van der Waals surface area contributed by atoms with Crippen LogP contribution in [0.25, 0.3) is 17.0 Å². The Labute approximate surface area is 176 Å². The summed E-state index contributed by atoms with van der Waals surface area (Å²) in [6.45, 7) is 1.67. The summed E-state index contributed by atoms with van der Waals surface area (Å²) >= 11 is 0. The molecule has 3 heterocycles. The normalized spacial score (nSPS) is 18.6. The van der Waals surface area contributed by atoms with Gasteiger partial charge in [0.1, 0.15) is 5.82 Å². The topological polar surface area (TPSA) is 75.4 Å². The van der Waals surface area contributed by atoms with Crippen LogP contribution in [0.15, 0.2) is 42.5 Å². The average molecular weight is 405 g/mol. The zero-order chi connectivity index (χ0) is 20.3. The number of nitrogens with zero attached hydrogens (tertiary/aromatic N) is 5.